The number of anilines is 1. The van der Waals surface area contributed by atoms with Crippen molar-refractivity contribution in [3.05, 3.63) is 39.1 Å². The summed E-state index contributed by atoms with van der Waals surface area (Å²) in [7, 11) is 0. The van der Waals surface area contributed by atoms with Gasteiger partial charge in [0.25, 0.3) is 0 Å². The van der Waals surface area contributed by atoms with Crippen LogP contribution in [0.5, 0.6) is 11.6 Å². The molecule has 1 aromatic heterocycles. The van der Waals surface area contributed by atoms with Crippen LogP contribution in [-0.2, 0) is 6.42 Å². The van der Waals surface area contributed by atoms with Gasteiger partial charge in [-0.25, -0.2) is 4.98 Å². The first kappa shape index (κ1) is 15.1. The minimum Gasteiger partial charge on any atom is -0.437 e. The van der Waals surface area contributed by atoms with Crippen LogP contribution in [0.25, 0.3) is 0 Å². The number of rotatable bonds is 4. The average molecular weight is 357 g/mol. The summed E-state index contributed by atoms with van der Waals surface area (Å²) in [6.07, 6.45) is 1.70. The number of aromatic nitrogens is 2. The number of benzene rings is 1. The van der Waals surface area contributed by atoms with Crippen molar-refractivity contribution in [2.45, 2.75) is 26.7 Å². The molecule has 0 aliphatic heterocycles. The average Bonchev–Trinajstić information content (AvgIpc) is 2.40. The largest absolute Gasteiger partial charge is 0.437 e. The molecule has 0 saturated carbocycles. The Labute approximate surface area is 131 Å². The monoisotopic (exact) mass is 355 g/mol. The van der Waals surface area contributed by atoms with Crippen molar-refractivity contribution in [1.82, 2.24) is 9.97 Å². The summed E-state index contributed by atoms with van der Waals surface area (Å²) < 4.78 is 6.68. The molecular weight excluding hydrogens is 342 g/mol. The third-order valence-electron chi connectivity index (χ3n) is 2.76. The zero-order valence-electron chi connectivity index (χ0n) is 11.3. The molecular formula is C14H15BrClN3O. The Morgan fingerprint density at radius 1 is 1.35 bits per heavy atom. The second kappa shape index (κ2) is 6.41. The van der Waals surface area contributed by atoms with E-state index in [0.29, 0.717) is 33.9 Å². The SMILES string of the molecule is CCCc1nc(N)c(C)c(Oc2cc(Br)ccc2Cl)n1. The Balaban J connectivity index is 2.39. The fourth-order valence-electron chi connectivity index (χ4n) is 1.65. The molecule has 2 N–H and O–H groups in total. The molecule has 0 aliphatic carbocycles. The highest BCUT2D eigenvalue weighted by Gasteiger charge is 2.12. The van der Waals surface area contributed by atoms with E-state index in [1.807, 2.05) is 13.0 Å². The van der Waals surface area contributed by atoms with Gasteiger partial charge in [-0.2, -0.15) is 4.98 Å². The zero-order chi connectivity index (χ0) is 14.7. The smallest absolute Gasteiger partial charge is 0.227 e. The van der Waals surface area contributed by atoms with Gasteiger partial charge >= 0.3 is 0 Å². The second-order valence-corrected chi connectivity index (χ2v) is 5.70. The van der Waals surface area contributed by atoms with Gasteiger partial charge in [-0.1, -0.05) is 34.5 Å². The number of halogens is 2. The highest BCUT2D eigenvalue weighted by atomic mass is 79.9. The van der Waals surface area contributed by atoms with Gasteiger partial charge in [-0.05, 0) is 31.5 Å². The van der Waals surface area contributed by atoms with Gasteiger partial charge in [0.1, 0.15) is 17.4 Å². The van der Waals surface area contributed by atoms with E-state index in [1.54, 1.807) is 12.1 Å². The molecule has 0 bridgehead atoms. The standard InChI is InChI=1S/C14H15BrClN3O/c1-3-4-12-18-13(17)8(2)14(19-12)20-11-7-9(15)5-6-10(11)16/h5-7H,3-4H2,1-2H3,(H2,17,18,19). The number of nitrogen functional groups attached to an aromatic ring is 1. The molecule has 1 heterocycles. The Hall–Kier alpha value is -1.33. The quantitative estimate of drug-likeness (QED) is 0.874. The van der Waals surface area contributed by atoms with E-state index in [1.165, 1.54) is 0 Å². The van der Waals surface area contributed by atoms with Crippen LogP contribution in [0.15, 0.2) is 22.7 Å². The van der Waals surface area contributed by atoms with Gasteiger partial charge in [-0.3, -0.25) is 0 Å². The maximum atomic E-state index is 6.12. The lowest BCUT2D eigenvalue weighted by molar-refractivity contribution is 0.454. The number of hydrogen-bond donors (Lipinski definition) is 1. The normalized spacial score (nSPS) is 10.6. The van der Waals surface area contributed by atoms with E-state index in [9.17, 15) is 0 Å². The number of hydrogen-bond acceptors (Lipinski definition) is 4. The van der Waals surface area contributed by atoms with Crippen LogP contribution in [0.2, 0.25) is 5.02 Å². The van der Waals surface area contributed by atoms with Crippen LogP contribution in [0.3, 0.4) is 0 Å². The van der Waals surface area contributed by atoms with Gasteiger partial charge < -0.3 is 10.5 Å². The third-order valence-corrected chi connectivity index (χ3v) is 3.56. The van der Waals surface area contributed by atoms with E-state index < -0.39 is 0 Å². The minimum absolute atomic E-state index is 0.435. The summed E-state index contributed by atoms with van der Waals surface area (Å²) >= 11 is 9.50. The van der Waals surface area contributed by atoms with Gasteiger partial charge in [0.05, 0.1) is 10.6 Å². The van der Waals surface area contributed by atoms with Crippen molar-refractivity contribution in [3.8, 4) is 11.6 Å². The van der Waals surface area contributed by atoms with E-state index in [2.05, 4.69) is 32.8 Å². The maximum Gasteiger partial charge on any atom is 0.227 e. The Morgan fingerprint density at radius 3 is 2.80 bits per heavy atom. The van der Waals surface area contributed by atoms with Crippen LogP contribution in [0.1, 0.15) is 24.7 Å². The van der Waals surface area contributed by atoms with Crippen molar-refractivity contribution < 1.29 is 4.74 Å². The topological polar surface area (TPSA) is 61.0 Å². The molecule has 6 heteroatoms. The molecule has 20 heavy (non-hydrogen) atoms. The molecule has 0 unspecified atom stereocenters. The fraction of sp³-hybridized carbons (Fsp3) is 0.286. The highest BCUT2D eigenvalue weighted by molar-refractivity contribution is 9.10. The minimum atomic E-state index is 0.435. The Kier molecular flexibility index (Phi) is 4.83. The number of nitrogens with two attached hydrogens (primary N) is 1. The summed E-state index contributed by atoms with van der Waals surface area (Å²) in [6, 6.07) is 5.40. The van der Waals surface area contributed by atoms with Crippen LogP contribution >= 0.6 is 27.5 Å². The predicted octanol–water partition coefficient (Wildman–Crippen LogP) is 4.53. The maximum absolute atomic E-state index is 6.12. The van der Waals surface area contributed by atoms with Crippen molar-refractivity contribution in [2.75, 3.05) is 5.73 Å². The zero-order valence-corrected chi connectivity index (χ0v) is 13.6. The molecule has 0 radical (unpaired) electrons. The lowest BCUT2D eigenvalue weighted by atomic mass is 10.3. The van der Waals surface area contributed by atoms with Gasteiger partial charge in [-0.15, -0.1) is 0 Å². The lowest BCUT2D eigenvalue weighted by Gasteiger charge is -2.12. The third kappa shape index (κ3) is 3.41. The van der Waals surface area contributed by atoms with E-state index in [-0.39, 0.29) is 0 Å². The van der Waals surface area contributed by atoms with Crippen molar-refractivity contribution in [3.63, 3.8) is 0 Å². The van der Waals surface area contributed by atoms with Crippen LogP contribution in [0, 0.1) is 6.92 Å². The molecule has 0 atom stereocenters. The highest BCUT2D eigenvalue weighted by Crippen LogP contribution is 2.33. The second-order valence-electron chi connectivity index (χ2n) is 4.38. The molecule has 1 aromatic carbocycles. The van der Waals surface area contributed by atoms with Crippen molar-refractivity contribution in [2.24, 2.45) is 0 Å². The molecule has 0 saturated heterocycles. The number of nitrogens with zero attached hydrogens (tertiary/aromatic N) is 2. The van der Waals surface area contributed by atoms with Gasteiger partial charge in [0.15, 0.2) is 0 Å². The lowest BCUT2D eigenvalue weighted by Crippen LogP contribution is -2.05. The fourth-order valence-corrected chi connectivity index (χ4v) is 2.15. The molecule has 106 valence electrons. The Bertz CT molecular complexity index is 634. The van der Waals surface area contributed by atoms with E-state index in [4.69, 9.17) is 22.1 Å². The number of ether oxygens (including phenoxy) is 1. The van der Waals surface area contributed by atoms with Gasteiger partial charge in [0.2, 0.25) is 5.88 Å². The summed E-state index contributed by atoms with van der Waals surface area (Å²) in [5.41, 5.74) is 6.61. The molecule has 0 aliphatic rings. The molecule has 2 aromatic rings. The van der Waals surface area contributed by atoms with Gasteiger partial charge in [0, 0.05) is 10.9 Å². The molecule has 0 spiro atoms. The van der Waals surface area contributed by atoms with Crippen molar-refractivity contribution >= 4 is 33.3 Å². The number of aryl methyl sites for hydroxylation is 1. The summed E-state index contributed by atoms with van der Waals surface area (Å²) in [5.74, 6) is 2.09. The van der Waals surface area contributed by atoms with Crippen LogP contribution in [0.4, 0.5) is 5.82 Å². The summed E-state index contributed by atoms with van der Waals surface area (Å²) in [4.78, 5) is 8.65. The first-order chi connectivity index (χ1) is 9.51. The Morgan fingerprint density at radius 2 is 2.10 bits per heavy atom. The molecule has 2 rings (SSSR count). The van der Waals surface area contributed by atoms with E-state index in [0.717, 1.165) is 17.3 Å². The van der Waals surface area contributed by atoms with E-state index >= 15 is 0 Å². The first-order valence-corrected chi connectivity index (χ1v) is 7.44. The molecule has 0 fully saturated rings. The predicted molar refractivity (Wildman–Crippen MR) is 84.4 cm³/mol. The first-order valence-electron chi connectivity index (χ1n) is 6.27. The molecule has 4 nitrogen and oxygen atoms in total. The van der Waals surface area contributed by atoms with Crippen molar-refractivity contribution in [1.29, 1.82) is 0 Å². The van der Waals surface area contributed by atoms with Crippen LogP contribution < -0.4 is 10.5 Å². The summed E-state index contributed by atoms with van der Waals surface area (Å²) in [5, 5.41) is 0.516. The van der Waals surface area contributed by atoms with Crippen LogP contribution in [-0.4, -0.2) is 9.97 Å². The molecule has 0 amide bonds. The summed E-state index contributed by atoms with van der Waals surface area (Å²) in [6.45, 7) is 3.89.